The van der Waals surface area contributed by atoms with E-state index in [0.717, 1.165) is 61.6 Å². The summed E-state index contributed by atoms with van der Waals surface area (Å²) in [7, 11) is 1.92. The first-order valence-electron chi connectivity index (χ1n) is 19.3. The predicted octanol–water partition coefficient (Wildman–Crippen LogP) is 7.30. The molecular weight excluding hydrogens is 753 g/mol. The Bertz CT molecular complexity index is 2300. The number of carboxylic acid groups (broad SMARTS) is 1. The average molecular weight is 803 g/mol. The Morgan fingerprint density at radius 1 is 1.00 bits per heavy atom. The number of aromatic carboxylic acids is 1. The summed E-state index contributed by atoms with van der Waals surface area (Å²) in [5, 5.41) is 17.2. The number of allylic oxidation sites excluding steroid dienone is 2. The topological polar surface area (TPSA) is 126 Å². The molecule has 1 saturated heterocycles. The van der Waals surface area contributed by atoms with Gasteiger partial charge in [-0.05, 0) is 82.7 Å². The van der Waals surface area contributed by atoms with Crippen LogP contribution in [-0.2, 0) is 36.1 Å². The van der Waals surface area contributed by atoms with Crippen molar-refractivity contribution in [3.63, 3.8) is 0 Å². The van der Waals surface area contributed by atoms with Gasteiger partial charge in [-0.3, -0.25) is 14.3 Å². The summed E-state index contributed by atoms with van der Waals surface area (Å²) in [6.07, 6.45) is 4.71. The highest BCUT2D eigenvalue weighted by atomic mass is 35.5. The number of fused-ring (bicyclic) bond motifs is 3. The van der Waals surface area contributed by atoms with Crippen LogP contribution in [0.2, 0.25) is 5.02 Å². The van der Waals surface area contributed by atoms with Crippen LogP contribution in [0.3, 0.4) is 0 Å². The number of aryl methyl sites for hydroxylation is 4. The van der Waals surface area contributed by atoms with Crippen molar-refractivity contribution in [2.24, 2.45) is 7.05 Å². The fourth-order valence-electron chi connectivity index (χ4n) is 8.52. The third-order valence-electron chi connectivity index (χ3n) is 11.4. The predicted molar refractivity (Wildman–Crippen MR) is 219 cm³/mol. The van der Waals surface area contributed by atoms with Gasteiger partial charge in [0.05, 0.1) is 40.1 Å². The van der Waals surface area contributed by atoms with Crippen molar-refractivity contribution in [3.8, 4) is 11.1 Å². The van der Waals surface area contributed by atoms with Crippen molar-refractivity contribution in [1.29, 1.82) is 0 Å². The summed E-state index contributed by atoms with van der Waals surface area (Å²) in [6.45, 7) is 13.4. The molecule has 2 amide bonds. The number of hydrogen-bond acceptors (Lipinski definition) is 7. The number of rotatable bonds is 10. The summed E-state index contributed by atoms with van der Waals surface area (Å²) < 4.78 is 10.4. The lowest BCUT2D eigenvalue weighted by Crippen LogP contribution is -2.48. The highest BCUT2D eigenvalue weighted by Gasteiger charge is 2.33. The van der Waals surface area contributed by atoms with E-state index in [4.69, 9.17) is 38.0 Å². The molecular formula is C42H49Cl2N7O5. The number of anilines is 1. The number of aromatic nitrogens is 4. The van der Waals surface area contributed by atoms with E-state index in [0.29, 0.717) is 87.4 Å². The number of hydrogen-bond donors (Lipinski definition) is 1. The lowest BCUT2D eigenvalue weighted by atomic mass is 9.98. The molecule has 296 valence electrons. The Labute approximate surface area is 337 Å². The monoisotopic (exact) mass is 801 g/mol. The number of ether oxygens (including phenoxy) is 1. The first-order chi connectivity index (χ1) is 26.7. The molecule has 1 fully saturated rings. The van der Waals surface area contributed by atoms with Crippen molar-refractivity contribution < 1.29 is 24.2 Å². The first kappa shape index (κ1) is 39.6. The number of carboxylic acids is 1. The smallest absolute Gasteiger partial charge is 0.335 e. The number of benzene rings is 1. The van der Waals surface area contributed by atoms with Gasteiger partial charge in [-0.2, -0.15) is 5.10 Å². The van der Waals surface area contributed by atoms with Crippen LogP contribution in [0.15, 0.2) is 46.5 Å². The Morgan fingerprint density at radius 2 is 1.75 bits per heavy atom. The number of carbonyl (C=O) groups is 3. The van der Waals surface area contributed by atoms with Crippen LogP contribution >= 0.6 is 23.2 Å². The van der Waals surface area contributed by atoms with E-state index >= 15 is 0 Å². The number of amides is 2. The summed E-state index contributed by atoms with van der Waals surface area (Å²) >= 11 is 13.5. The zero-order valence-corrected chi connectivity index (χ0v) is 34.4. The second-order valence-corrected chi connectivity index (χ2v) is 16.0. The molecule has 2 aliphatic heterocycles. The third kappa shape index (κ3) is 7.58. The van der Waals surface area contributed by atoms with Crippen LogP contribution in [0.4, 0.5) is 5.82 Å². The van der Waals surface area contributed by atoms with Crippen LogP contribution < -0.4 is 4.90 Å². The molecule has 4 aromatic rings. The molecule has 14 heteroatoms. The highest BCUT2D eigenvalue weighted by Crippen LogP contribution is 2.43. The van der Waals surface area contributed by atoms with E-state index < -0.39 is 5.97 Å². The Kier molecular flexibility index (Phi) is 11.4. The molecule has 3 aromatic heterocycles. The van der Waals surface area contributed by atoms with Crippen molar-refractivity contribution in [1.82, 2.24) is 29.1 Å². The molecule has 1 aliphatic carbocycles. The highest BCUT2D eigenvalue weighted by molar-refractivity contribution is 6.35. The molecule has 1 N–H and O–H groups in total. The van der Waals surface area contributed by atoms with E-state index in [1.807, 2.05) is 56.5 Å². The molecule has 1 aromatic carbocycles. The minimum absolute atomic E-state index is 0.0102. The second-order valence-electron chi connectivity index (χ2n) is 15.2. The van der Waals surface area contributed by atoms with Crippen molar-refractivity contribution in [2.45, 2.75) is 79.5 Å². The maximum atomic E-state index is 15.0. The average Bonchev–Trinajstić information content (AvgIpc) is 3.54. The normalized spacial score (nSPS) is 17.8. The van der Waals surface area contributed by atoms with Crippen LogP contribution in [0.25, 0.3) is 22.0 Å². The fraction of sp³-hybridized carbons (Fsp3) is 0.452. The van der Waals surface area contributed by atoms with Gasteiger partial charge in [-0.15, -0.1) is 0 Å². The molecule has 7 rings (SSSR count). The molecule has 0 radical (unpaired) electrons. The molecule has 5 heterocycles. The second kappa shape index (κ2) is 16.1. The number of pyridine rings is 1. The first-order valence-corrected chi connectivity index (χ1v) is 20.0. The quantitative estimate of drug-likeness (QED) is 0.166. The zero-order chi connectivity index (χ0) is 40.0. The number of piperazine rings is 1. The lowest BCUT2D eigenvalue weighted by molar-refractivity contribution is -0.129. The Morgan fingerprint density at radius 3 is 2.41 bits per heavy atom. The maximum Gasteiger partial charge on any atom is 0.335 e. The molecule has 0 spiro atoms. The van der Waals surface area contributed by atoms with Gasteiger partial charge in [0.1, 0.15) is 11.5 Å². The van der Waals surface area contributed by atoms with E-state index in [1.165, 1.54) is 0 Å². The summed E-state index contributed by atoms with van der Waals surface area (Å²) in [4.78, 5) is 49.7. The number of halogens is 2. The van der Waals surface area contributed by atoms with Gasteiger partial charge in [0.2, 0.25) is 5.91 Å². The van der Waals surface area contributed by atoms with Crippen molar-refractivity contribution >= 4 is 57.7 Å². The van der Waals surface area contributed by atoms with Crippen LogP contribution in [-0.4, -0.2) is 97.5 Å². The van der Waals surface area contributed by atoms with Gasteiger partial charge in [0.25, 0.3) is 5.91 Å². The summed E-state index contributed by atoms with van der Waals surface area (Å²) in [5.41, 5.74) is 8.84. The largest absolute Gasteiger partial charge is 0.478 e. The SMILES string of the molecule is CC(=O)N1CCN(c2cc(C(=O)O)cc(CN3CCCn4c(c(CCCOC5C=C(C)C(Cl)=C(C)C5)c5ccc(Cl)c(-c6c(C)nn(C)c6C)c54)C3=O)n2)CC1. The fourth-order valence-corrected chi connectivity index (χ4v) is 8.91. The number of carbonyl (C=O) groups excluding carboxylic acids is 2. The molecule has 0 saturated carbocycles. The summed E-state index contributed by atoms with van der Waals surface area (Å²) in [5.74, 6) is -0.673. The summed E-state index contributed by atoms with van der Waals surface area (Å²) in [6, 6.07) is 7.07. The molecule has 1 unspecified atom stereocenters. The minimum Gasteiger partial charge on any atom is -0.478 e. The van der Waals surface area contributed by atoms with Crippen LogP contribution in [0.5, 0.6) is 0 Å². The van der Waals surface area contributed by atoms with Gasteiger partial charge < -0.3 is 29.1 Å². The van der Waals surface area contributed by atoms with E-state index in [1.54, 1.807) is 28.9 Å². The third-order valence-corrected chi connectivity index (χ3v) is 12.4. The van der Waals surface area contributed by atoms with Gasteiger partial charge in [-0.1, -0.05) is 40.9 Å². The van der Waals surface area contributed by atoms with Gasteiger partial charge in [0.15, 0.2) is 0 Å². The maximum absolute atomic E-state index is 15.0. The minimum atomic E-state index is -1.07. The van der Waals surface area contributed by atoms with Crippen molar-refractivity contribution in [3.05, 3.63) is 85.4 Å². The zero-order valence-electron chi connectivity index (χ0n) is 32.9. The van der Waals surface area contributed by atoms with E-state index in [9.17, 15) is 19.5 Å². The van der Waals surface area contributed by atoms with Crippen LogP contribution in [0, 0.1) is 13.8 Å². The number of nitrogens with zero attached hydrogens (tertiary/aromatic N) is 7. The van der Waals surface area contributed by atoms with E-state index in [2.05, 4.69) is 10.6 Å². The Hall–Kier alpha value is -4.65. The van der Waals surface area contributed by atoms with Crippen LogP contribution in [0.1, 0.15) is 83.5 Å². The van der Waals surface area contributed by atoms with Crippen molar-refractivity contribution in [2.75, 3.05) is 44.2 Å². The molecule has 0 bridgehead atoms. The standard InChI is InChI=1S/C42H49Cl2N7O5/c1-24-19-31(20-25(2)38(24)44)56-18-7-9-32-33-10-11-34(43)37(36-26(3)46-47(6)27(36)4)39(33)51-13-8-12-50(41(53)40(32)51)23-30-21-29(42(54)55)22-35(45-30)49-16-14-48(15-17-49)28(5)52/h10-11,19,21-22,31H,7-9,12-18,20,23H2,1-6H3,(H,54,55). The van der Waals surface area contributed by atoms with Gasteiger partial charge in [-0.25, -0.2) is 9.78 Å². The van der Waals surface area contributed by atoms with Gasteiger partial charge in [0, 0.05) is 87.1 Å². The molecule has 1 atom stereocenters. The Balaban J connectivity index is 1.25. The molecule has 3 aliphatic rings. The molecule has 56 heavy (non-hydrogen) atoms. The lowest BCUT2D eigenvalue weighted by Gasteiger charge is -2.35. The van der Waals surface area contributed by atoms with Gasteiger partial charge >= 0.3 is 5.97 Å². The van der Waals surface area contributed by atoms with E-state index in [-0.39, 0.29) is 30.0 Å². The molecule has 12 nitrogen and oxygen atoms in total.